The van der Waals surface area contributed by atoms with Gasteiger partial charge in [0.15, 0.2) is 0 Å². The second kappa shape index (κ2) is 6.75. The van der Waals surface area contributed by atoms with E-state index < -0.39 is 28.1 Å². The van der Waals surface area contributed by atoms with Crippen LogP contribution in [0.3, 0.4) is 0 Å². The maximum absolute atomic E-state index is 13.4. The highest BCUT2D eigenvalue weighted by Crippen LogP contribution is 2.24. The number of nitro groups is 1. The van der Waals surface area contributed by atoms with Crippen LogP contribution in [-0.2, 0) is 11.2 Å². The maximum atomic E-state index is 13.4. The van der Waals surface area contributed by atoms with Gasteiger partial charge in [-0.3, -0.25) is 19.7 Å². The molecule has 132 valence electrons. The number of Topliss-reactive ketones (excluding diaryl/α,β-unsaturated/α-hetero) is 1. The third kappa shape index (κ3) is 3.04. The van der Waals surface area contributed by atoms with E-state index in [1.54, 1.807) is 12.1 Å². The Morgan fingerprint density at radius 2 is 2.04 bits per heavy atom. The Kier molecular flexibility index (Phi) is 4.49. The van der Waals surface area contributed by atoms with Gasteiger partial charge >= 0.3 is 5.69 Å². The van der Waals surface area contributed by atoms with Crippen molar-refractivity contribution in [3.05, 3.63) is 69.7 Å². The zero-order valence-corrected chi connectivity index (χ0v) is 13.7. The molecule has 3 rings (SSSR count). The number of benzene rings is 2. The van der Waals surface area contributed by atoms with Crippen molar-refractivity contribution in [2.75, 3.05) is 5.32 Å². The SMILES string of the molecule is CCc1cccc2c(C(=O)C(=O)Nc3ccc(F)c([N+](=O)[O-])c3)c[nH]c12. The van der Waals surface area contributed by atoms with E-state index in [9.17, 15) is 24.1 Å². The molecule has 0 fully saturated rings. The third-order valence-corrected chi connectivity index (χ3v) is 4.03. The molecule has 2 N–H and O–H groups in total. The normalized spacial score (nSPS) is 10.7. The first kappa shape index (κ1) is 17.3. The van der Waals surface area contributed by atoms with E-state index in [2.05, 4.69) is 10.3 Å². The number of fused-ring (bicyclic) bond motifs is 1. The van der Waals surface area contributed by atoms with Crippen molar-refractivity contribution in [3.8, 4) is 0 Å². The zero-order valence-electron chi connectivity index (χ0n) is 13.7. The number of aryl methyl sites for hydroxylation is 1. The first-order valence-electron chi connectivity index (χ1n) is 7.81. The summed E-state index contributed by atoms with van der Waals surface area (Å²) in [5.41, 5.74) is 1.17. The van der Waals surface area contributed by atoms with Crippen LogP contribution in [0, 0.1) is 15.9 Å². The lowest BCUT2D eigenvalue weighted by molar-refractivity contribution is -0.387. The minimum Gasteiger partial charge on any atom is -0.360 e. The third-order valence-electron chi connectivity index (χ3n) is 4.03. The molecule has 2 aromatic carbocycles. The molecule has 1 aromatic heterocycles. The van der Waals surface area contributed by atoms with Crippen molar-refractivity contribution in [2.24, 2.45) is 0 Å². The second-order valence-corrected chi connectivity index (χ2v) is 5.60. The van der Waals surface area contributed by atoms with Gasteiger partial charge in [0, 0.05) is 28.9 Å². The van der Waals surface area contributed by atoms with Crippen LogP contribution in [0.25, 0.3) is 10.9 Å². The minimum absolute atomic E-state index is 0.0365. The fourth-order valence-corrected chi connectivity index (χ4v) is 2.74. The molecule has 0 aliphatic rings. The van der Waals surface area contributed by atoms with Gasteiger partial charge < -0.3 is 10.3 Å². The summed E-state index contributed by atoms with van der Waals surface area (Å²) in [6.45, 7) is 1.98. The summed E-state index contributed by atoms with van der Waals surface area (Å²) in [5.74, 6) is -2.78. The number of aromatic nitrogens is 1. The van der Waals surface area contributed by atoms with Crippen LogP contribution in [0.5, 0.6) is 0 Å². The Morgan fingerprint density at radius 3 is 2.73 bits per heavy atom. The lowest BCUT2D eigenvalue weighted by atomic mass is 10.0. The molecule has 0 bridgehead atoms. The molecule has 1 heterocycles. The van der Waals surface area contributed by atoms with Crippen molar-refractivity contribution in [1.82, 2.24) is 4.98 Å². The summed E-state index contributed by atoms with van der Waals surface area (Å²) in [5, 5.41) is 13.7. The number of halogens is 1. The molecule has 0 unspecified atom stereocenters. The van der Waals surface area contributed by atoms with Gasteiger partial charge in [-0.15, -0.1) is 0 Å². The fourth-order valence-electron chi connectivity index (χ4n) is 2.74. The number of ketones is 1. The average molecular weight is 355 g/mol. The number of nitrogens with one attached hydrogen (secondary N) is 2. The fraction of sp³-hybridized carbons (Fsp3) is 0.111. The van der Waals surface area contributed by atoms with Crippen molar-refractivity contribution in [3.63, 3.8) is 0 Å². The molecule has 0 aliphatic heterocycles. The predicted molar refractivity (Wildman–Crippen MR) is 93.7 cm³/mol. The molecule has 8 heteroatoms. The van der Waals surface area contributed by atoms with E-state index in [4.69, 9.17) is 0 Å². The highest BCUT2D eigenvalue weighted by Gasteiger charge is 2.22. The van der Waals surface area contributed by atoms with Crippen LogP contribution in [-0.4, -0.2) is 21.6 Å². The molecule has 0 saturated heterocycles. The topological polar surface area (TPSA) is 105 Å². The molecule has 26 heavy (non-hydrogen) atoms. The van der Waals surface area contributed by atoms with E-state index >= 15 is 0 Å². The summed E-state index contributed by atoms with van der Waals surface area (Å²) in [6.07, 6.45) is 2.22. The lowest BCUT2D eigenvalue weighted by Gasteiger charge is -2.05. The molecule has 1 amide bonds. The number of carbonyl (C=O) groups is 2. The molecular weight excluding hydrogens is 341 g/mol. The Balaban J connectivity index is 1.88. The van der Waals surface area contributed by atoms with Crippen LogP contribution in [0.4, 0.5) is 15.8 Å². The monoisotopic (exact) mass is 355 g/mol. The second-order valence-electron chi connectivity index (χ2n) is 5.60. The first-order chi connectivity index (χ1) is 12.4. The van der Waals surface area contributed by atoms with Gasteiger partial charge in [0.25, 0.3) is 11.7 Å². The molecule has 0 aliphatic carbocycles. The molecule has 0 saturated carbocycles. The molecular formula is C18H14FN3O4. The number of para-hydroxylation sites is 1. The van der Waals surface area contributed by atoms with Gasteiger partial charge in [-0.05, 0) is 24.1 Å². The zero-order chi connectivity index (χ0) is 18.8. The van der Waals surface area contributed by atoms with Crippen LogP contribution in [0.1, 0.15) is 22.8 Å². The number of amides is 1. The molecule has 7 nitrogen and oxygen atoms in total. The number of H-pyrrole nitrogens is 1. The number of rotatable bonds is 5. The largest absolute Gasteiger partial charge is 0.360 e. The Labute approximate surface area is 147 Å². The standard InChI is InChI=1S/C18H14FN3O4/c1-2-10-4-3-5-12-13(9-20-16(10)12)17(23)18(24)21-11-6-7-14(19)15(8-11)22(25)26/h3-9,20H,2H2,1H3,(H,21,24). The van der Waals surface area contributed by atoms with Crippen molar-refractivity contribution in [2.45, 2.75) is 13.3 Å². The Hall–Kier alpha value is -3.55. The molecule has 0 atom stereocenters. The van der Waals surface area contributed by atoms with Crippen molar-refractivity contribution >= 4 is 34.0 Å². The number of nitro benzene ring substituents is 1. The predicted octanol–water partition coefficient (Wildman–Crippen LogP) is 3.60. The van der Waals surface area contributed by atoms with E-state index in [-0.39, 0.29) is 11.3 Å². The molecule has 3 aromatic rings. The highest BCUT2D eigenvalue weighted by atomic mass is 19.1. The summed E-state index contributed by atoms with van der Waals surface area (Å²) in [7, 11) is 0. The van der Waals surface area contributed by atoms with Crippen molar-refractivity contribution < 1.29 is 18.9 Å². The van der Waals surface area contributed by atoms with Gasteiger partial charge in [0.2, 0.25) is 5.82 Å². The number of nitrogens with zero attached hydrogens (tertiary/aromatic N) is 1. The van der Waals surface area contributed by atoms with E-state index in [1.165, 1.54) is 6.20 Å². The number of hydrogen-bond acceptors (Lipinski definition) is 4. The summed E-state index contributed by atoms with van der Waals surface area (Å²) >= 11 is 0. The van der Waals surface area contributed by atoms with E-state index in [0.717, 1.165) is 35.7 Å². The summed E-state index contributed by atoms with van der Waals surface area (Å²) < 4.78 is 13.4. The van der Waals surface area contributed by atoms with Gasteiger partial charge in [-0.1, -0.05) is 25.1 Å². The number of aromatic amines is 1. The van der Waals surface area contributed by atoms with E-state index in [0.29, 0.717) is 5.39 Å². The Bertz CT molecular complexity index is 1040. The first-order valence-corrected chi connectivity index (χ1v) is 7.81. The quantitative estimate of drug-likeness (QED) is 0.316. The Morgan fingerprint density at radius 1 is 1.27 bits per heavy atom. The summed E-state index contributed by atoms with van der Waals surface area (Å²) in [6, 6.07) is 8.33. The number of hydrogen-bond donors (Lipinski definition) is 2. The lowest BCUT2D eigenvalue weighted by Crippen LogP contribution is -2.22. The number of carbonyl (C=O) groups excluding carboxylic acids is 2. The minimum atomic E-state index is -1.02. The van der Waals surface area contributed by atoms with Crippen LogP contribution in [0.15, 0.2) is 42.6 Å². The maximum Gasteiger partial charge on any atom is 0.306 e. The summed E-state index contributed by atoms with van der Waals surface area (Å²) in [4.78, 5) is 37.6. The molecule has 0 radical (unpaired) electrons. The van der Waals surface area contributed by atoms with Crippen LogP contribution >= 0.6 is 0 Å². The smallest absolute Gasteiger partial charge is 0.306 e. The van der Waals surface area contributed by atoms with Gasteiger partial charge in [0.1, 0.15) is 0 Å². The van der Waals surface area contributed by atoms with E-state index in [1.807, 2.05) is 13.0 Å². The van der Waals surface area contributed by atoms with Crippen molar-refractivity contribution in [1.29, 1.82) is 0 Å². The van der Waals surface area contributed by atoms with Crippen LogP contribution < -0.4 is 5.32 Å². The average Bonchev–Trinajstić information content (AvgIpc) is 3.06. The van der Waals surface area contributed by atoms with Crippen LogP contribution in [0.2, 0.25) is 0 Å². The van der Waals surface area contributed by atoms with Gasteiger partial charge in [-0.2, -0.15) is 4.39 Å². The molecule has 0 spiro atoms. The number of anilines is 1. The van der Waals surface area contributed by atoms with Gasteiger partial charge in [-0.25, -0.2) is 0 Å². The highest BCUT2D eigenvalue weighted by molar-refractivity contribution is 6.48. The van der Waals surface area contributed by atoms with Gasteiger partial charge in [0.05, 0.1) is 10.5 Å².